The zero-order valence-corrected chi connectivity index (χ0v) is 21.4. The largest absolute Gasteiger partial charge is 0.374 e. The van der Waals surface area contributed by atoms with E-state index in [0.29, 0.717) is 30.6 Å². The third kappa shape index (κ3) is 8.61. The van der Waals surface area contributed by atoms with Crippen LogP contribution in [0.25, 0.3) is 0 Å². The van der Waals surface area contributed by atoms with Crippen LogP contribution in [0.15, 0.2) is 52.4 Å². The van der Waals surface area contributed by atoms with Crippen molar-refractivity contribution in [2.24, 2.45) is 4.99 Å². The Balaban J connectivity index is 0.00000450. The van der Waals surface area contributed by atoms with Gasteiger partial charge >= 0.3 is 0 Å². The Kier molecular flexibility index (Phi) is 10.8. The molecule has 0 amide bonds. The van der Waals surface area contributed by atoms with E-state index in [2.05, 4.69) is 33.8 Å². The Morgan fingerprint density at radius 2 is 1.63 bits per heavy atom. The Bertz CT molecular complexity index is 960. The lowest BCUT2D eigenvalue weighted by Gasteiger charge is -2.14. The zero-order chi connectivity index (χ0) is 21.4. The Hall–Kier alpha value is -1.65. The minimum Gasteiger partial charge on any atom is -0.374 e. The molecule has 30 heavy (non-hydrogen) atoms. The fourth-order valence-corrected chi connectivity index (χ4v) is 3.88. The van der Waals surface area contributed by atoms with E-state index in [1.54, 1.807) is 13.1 Å². The third-order valence-electron chi connectivity index (χ3n) is 4.36. The molecule has 0 aromatic heterocycles. The number of hydrogen-bond acceptors (Lipinski definition) is 4. The van der Waals surface area contributed by atoms with E-state index in [9.17, 15) is 8.42 Å². The van der Waals surface area contributed by atoms with Crippen LogP contribution >= 0.6 is 24.0 Å². The van der Waals surface area contributed by atoms with E-state index < -0.39 is 9.84 Å². The van der Waals surface area contributed by atoms with Crippen LogP contribution in [0, 0.1) is 6.92 Å². The van der Waals surface area contributed by atoms with E-state index in [0.717, 1.165) is 22.3 Å². The molecule has 0 radical (unpaired) electrons. The van der Waals surface area contributed by atoms with Crippen molar-refractivity contribution in [2.75, 3.05) is 13.3 Å². The first-order chi connectivity index (χ1) is 13.7. The second-order valence-electron chi connectivity index (χ2n) is 7.33. The molecule has 2 aromatic rings. The lowest BCUT2D eigenvalue weighted by Crippen LogP contribution is -2.36. The first kappa shape index (κ1) is 26.4. The highest BCUT2D eigenvalue weighted by molar-refractivity contribution is 14.0. The SMILES string of the molecule is CN=C(NCc1cccc(COC(C)C)c1)NCc1ccc(S(C)(=O)=O)c(C)c1.I. The Labute approximate surface area is 197 Å². The number of guanidine groups is 1. The lowest BCUT2D eigenvalue weighted by atomic mass is 10.1. The minimum absolute atomic E-state index is 0. The van der Waals surface area contributed by atoms with Crippen molar-refractivity contribution in [1.82, 2.24) is 10.6 Å². The molecule has 0 aliphatic rings. The number of aliphatic imine (C=N–C) groups is 1. The van der Waals surface area contributed by atoms with Gasteiger partial charge in [-0.25, -0.2) is 8.42 Å². The molecule has 0 atom stereocenters. The molecule has 0 bridgehead atoms. The molecule has 2 N–H and O–H groups in total. The molecule has 0 unspecified atom stereocenters. The van der Waals surface area contributed by atoms with Gasteiger partial charge in [-0.2, -0.15) is 0 Å². The molecule has 8 heteroatoms. The number of aryl methyl sites for hydroxylation is 1. The van der Waals surface area contributed by atoms with Crippen molar-refractivity contribution in [3.05, 3.63) is 64.7 Å². The van der Waals surface area contributed by atoms with Crippen LogP contribution < -0.4 is 10.6 Å². The molecule has 0 saturated carbocycles. The molecule has 166 valence electrons. The van der Waals surface area contributed by atoms with Crippen LogP contribution in [0.3, 0.4) is 0 Å². The first-order valence-corrected chi connectivity index (χ1v) is 11.5. The smallest absolute Gasteiger partial charge is 0.191 e. The maximum atomic E-state index is 11.7. The predicted molar refractivity (Wildman–Crippen MR) is 133 cm³/mol. The van der Waals surface area contributed by atoms with Crippen LogP contribution in [0.1, 0.15) is 36.1 Å². The van der Waals surface area contributed by atoms with Crippen LogP contribution in [0.5, 0.6) is 0 Å². The number of halogens is 1. The number of sulfone groups is 1. The van der Waals surface area contributed by atoms with Crippen molar-refractivity contribution < 1.29 is 13.2 Å². The summed E-state index contributed by atoms with van der Waals surface area (Å²) < 4.78 is 29.1. The van der Waals surface area contributed by atoms with Gasteiger partial charge in [0.05, 0.1) is 17.6 Å². The maximum absolute atomic E-state index is 11.7. The van der Waals surface area contributed by atoms with Gasteiger partial charge in [0.2, 0.25) is 0 Å². The molecule has 2 rings (SSSR count). The summed E-state index contributed by atoms with van der Waals surface area (Å²) in [5.74, 6) is 0.679. The van der Waals surface area contributed by atoms with Gasteiger partial charge in [-0.1, -0.05) is 36.4 Å². The summed E-state index contributed by atoms with van der Waals surface area (Å²) in [6.07, 6.45) is 1.43. The van der Waals surface area contributed by atoms with Crippen LogP contribution in [0.4, 0.5) is 0 Å². The summed E-state index contributed by atoms with van der Waals surface area (Å²) in [5, 5.41) is 6.56. The van der Waals surface area contributed by atoms with Crippen LogP contribution in [-0.4, -0.2) is 33.8 Å². The average Bonchev–Trinajstić information content (AvgIpc) is 2.66. The van der Waals surface area contributed by atoms with E-state index >= 15 is 0 Å². The molecular formula is C22H32IN3O3S. The lowest BCUT2D eigenvalue weighted by molar-refractivity contribution is 0.0657. The molecule has 0 aliphatic carbocycles. The summed E-state index contributed by atoms with van der Waals surface area (Å²) in [4.78, 5) is 4.62. The molecular weight excluding hydrogens is 513 g/mol. The van der Waals surface area contributed by atoms with Gasteiger partial charge < -0.3 is 15.4 Å². The predicted octanol–water partition coefficient (Wildman–Crippen LogP) is 3.81. The van der Waals surface area contributed by atoms with Crippen molar-refractivity contribution in [3.8, 4) is 0 Å². The van der Waals surface area contributed by atoms with E-state index in [4.69, 9.17) is 4.74 Å². The van der Waals surface area contributed by atoms with E-state index in [1.807, 2.05) is 39.0 Å². The number of ether oxygens (including phenoxy) is 1. The first-order valence-electron chi connectivity index (χ1n) is 9.62. The number of nitrogens with zero attached hydrogens (tertiary/aromatic N) is 1. The molecule has 0 aliphatic heterocycles. The number of hydrogen-bond donors (Lipinski definition) is 2. The number of nitrogens with one attached hydrogen (secondary N) is 2. The van der Waals surface area contributed by atoms with Gasteiger partial charge in [0.25, 0.3) is 0 Å². The summed E-state index contributed by atoms with van der Waals surface area (Å²) >= 11 is 0. The molecule has 0 spiro atoms. The van der Waals surface area contributed by atoms with E-state index in [-0.39, 0.29) is 30.1 Å². The van der Waals surface area contributed by atoms with Gasteiger partial charge in [-0.3, -0.25) is 4.99 Å². The van der Waals surface area contributed by atoms with Crippen molar-refractivity contribution >= 4 is 39.8 Å². The molecule has 0 fully saturated rings. The normalized spacial score (nSPS) is 11.9. The highest BCUT2D eigenvalue weighted by atomic mass is 127. The summed E-state index contributed by atoms with van der Waals surface area (Å²) in [6.45, 7) is 7.65. The van der Waals surface area contributed by atoms with Gasteiger partial charge in [-0.05, 0) is 49.1 Å². The quantitative estimate of drug-likeness (QED) is 0.300. The zero-order valence-electron chi connectivity index (χ0n) is 18.2. The molecule has 0 heterocycles. The molecule has 0 saturated heterocycles. The van der Waals surface area contributed by atoms with E-state index in [1.165, 1.54) is 6.26 Å². The van der Waals surface area contributed by atoms with Crippen molar-refractivity contribution in [3.63, 3.8) is 0 Å². The fraction of sp³-hybridized carbons (Fsp3) is 0.409. The standard InChI is InChI=1S/C22H31N3O3S.HI/c1-16(2)28-15-20-8-6-7-18(12-20)13-24-22(23-4)25-14-19-9-10-21(17(3)11-19)29(5,26)27;/h6-12,16H,13-15H2,1-5H3,(H2,23,24,25);1H. The van der Waals surface area contributed by atoms with Crippen LogP contribution in [0.2, 0.25) is 0 Å². The number of rotatable bonds is 8. The maximum Gasteiger partial charge on any atom is 0.191 e. The topological polar surface area (TPSA) is 79.8 Å². The molecule has 6 nitrogen and oxygen atoms in total. The highest BCUT2D eigenvalue weighted by Crippen LogP contribution is 2.16. The van der Waals surface area contributed by atoms with Crippen LogP contribution in [-0.2, 0) is 34.3 Å². The van der Waals surface area contributed by atoms with Crippen molar-refractivity contribution in [2.45, 2.75) is 51.5 Å². The summed E-state index contributed by atoms with van der Waals surface area (Å²) in [7, 11) is -1.48. The minimum atomic E-state index is -3.20. The monoisotopic (exact) mass is 545 g/mol. The Morgan fingerprint density at radius 1 is 1.03 bits per heavy atom. The van der Waals surface area contributed by atoms with Gasteiger partial charge in [-0.15, -0.1) is 24.0 Å². The fourth-order valence-electron chi connectivity index (χ4n) is 2.92. The second kappa shape index (κ2) is 12.3. The van der Waals surface area contributed by atoms with Gasteiger partial charge in [0.15, 0.2) is 15.8 Å². The van der Waals surface area contributed by atoms with Gasteiger partial charge in [0, 0.05) is 26.4 Å². The highest BCUT2D eigenvalue weighted by Gasteiger charge is 2.11. The van der Waals surface area contributed by atoms with Crippen molar-refractivity contribution in [1.29, 1.82) is 0 Å². The average molecular weight is 545 g/mol. The molecule has 2 aromatic carbocycles. The second-order valence-corrected chi connectivity index (χ2v) is 9.32. The third-order valence-corrected chi connectivity index (χ3v) is 5.61. The summed E-state index contributed by atoms with van der Waals surface area (Å²) in [6, 6.07) is 13.6. The Morgan fingerprint density at radius 3 is 2.17 bits per heavy atom. The van der Waals surface area contributed by atoms with Gasteiger partial charge in [0.1, 0.15) is 0 Å². The number of benzene rings is 2. The summed E-state index contributed by atoms with van der Waals surface area (Å²) in [5.41, 5.74) is 4.02.